The number of anilines is 1. The summed E-state index contributed by atoms with van der Waals surface area (Å²) in [6.07, 6.45) is 10.2. The van der Waals surface area contributed by atoms with Crippen LogP contribution in [-0.2, 0) is 23.8 Å². The van der Waals surface area contributed by atoms with Crippen LogP contribution < -0.4 is 10.1 Å². The third-order valence-corrected chi connectivity index (χ3v) is 10.7. The Labute approximate surface area is 323 Å². The molecule has 4 N–H and O–H groups in total. The highest BCUT2D eigenvalue weighted by Gasteiger charge is 2.32. The highest BCUT2D eigenvalue weighted by atomic mass is 16.5. The van der Waals surface area contributed by atoms with Gasteiger partial charge in [0.2, 0.25) is 0 Å². The molecule has 0 saturated carbocycles. The molecule has 1 amide bonds. The number of nitrogens with one attached hydrogen (secondary N) is 1. The summed E-state index contributed by atoms with van der Waals surface area (Å²) in [7, 11) is 4.78. The zero-order valence-corrected chi connectivity index (χ0v) is 33.3. The fourth-order valence-electron chi connectivity index (χ4n) is 6.73. The topological polar surface area (TPSA) is 180 Å². The van der Waals surface area contributed by atoms with Gasteiger partial charge >= 0.3 is 11.9 Å². The molecule has 5 atom stereocenters. The van der Waals surface area contributed by atoms with Crippen LogP contribution in [0.25, 0.3) is 10.8 Å². The van der Waals surface area contributed by atoms with Crippen molar-refractivity contribution in [3.63, 3.8) is 0 Å². The minimum Gasteiger partial charge on any atom is -0.507 e. The summed E-state index contributed by atoms with van der Waals surface area (Å²) in [6, 6.07) is 0. The molecular weight excluding hydrogens is 708 g/mol. The quantitative estimate of drug-likeness (QED) is 0.121. The molecule has 1 saturated heterocycles. The summed E-state index contributed by atoms with van der Waals surface area (Å²) in [5, 5.41) is 43.8. The molecule has 3 heterocycles. The first-order valence-corrected chi connectivity index (χ1v) is 18.6. The fraction of sp³-hybridized carbons (Fsp3) is 0.512. The van der Waals surface area contributed by atoms with Crippen molar-refractivity contribution in [2.24, 2.45) is 22.9 Å². The van der Waals surface area contributed by atoms with Crippen molar-refractivity contribution in [3.8, 4) is 23.0 Å². The van der Waals surface area contributed by atoms with E-state index in [-0.39, 0.29) is 63.1 Å². The second-order valence-electron chi connectivity index (χ2n) is 14.6. The molecule has 4 unspecified atom stereocenters. The van der Waals surface area contributed by atoms with Crippen molar-refractivity contribution in [1.82, 2.24) is 9.91 Å². The van der Waals surface area contributed by atoms with Crippen molar-refractivity contribution in [2.45, 2.75) is 73.0 Å². The minimum absolute atomic E-state index is 0.0199. The van der Waals surface area contributed by atoms with Crippen LogP contribution in [0.1, 0.15) is 75.4 Å². The lowest BCUT2D eigenvalue weighted by atomic mass is 9.86. The Morgan fingerprint density at radius 2 is 1.64 bits per heavy atom. The second kappa shape index (κ2) is 19.0. The molecule has 300 valence electrons. The van der Waals surface area contributed by atoms with Gasteiger partial charge in [-0.15, -0.1) is 0 Å². The number of carbonyl (C=O) groups is 3. The van der Waals surface area contributed by atoms with Gasteiger partial charge in [0.15, 0.2) is 5.75 Å². The van der Waals surface area contributed by atoms with Gasteiger partial charge in [-0.05, 0) is 57.6 Å². The predicted octanol–water partition coefficient (Wildman–Crippen LogP) is 6.01. The highest BCUT2D eigenvalue weighted by molar-refractivity contribution is 6.20. The molecule has 55 heavy (non-hydrogen) atoms. The molecule has 0 radical (unpaired) electrons. The van der Waals surface area contributed by atoms with Crippen LogP contribution in [0.15, 0.2) is 41.2 Å². The Morgan fingerprint density at radius 1 is 0.964 bits per heavy atom. The molecule has 2 aromatic carbocycles. The number of benzene rings is 2. The van der Waals surface area contributed by atoms with E-state index in [9.17, 15) is 29.7 Å². The van der Waals surface area contributed by atoms with Gasteiger partial charge in [0, 0.05) is 57.8 Å². The molecule has 3 aliphatic rings. The average molecular weight is 765 g/mol. The van der Waals surface area contributed by atoms with E-state index in [1.807, 2.05) is 20.0 Å². The predicted molar refractivity (Wildman–Crippen MR) is 211 cm³/mol. The van der Waals surface area contributed by atoms with Crippen molar-refractivity contribution in [1.29, 1.82) is 0 Å². The van der Waals surface area contributed by atoms with E-state index in [0.29, 0.717) is 18.7 Å². The van der Waals surface area contributed by atoms with Gasteiger partial charge in [-0.2, -0.15) is 5.10 Å². The number of nitrogens with zero attached hydrogens (tertiary/aromatic N) is 3. The number of phenols is 3. The molecule has 0 aliphatic carbocycles. The molecule has 3 aliphatic heterocycles. The van der Waals surface area contributed by atoms with Crippen molar-refractivity contribution in [2.75, 3.05) is 52.8 Å². The summed E-state index contributed by atoms with van der Waals surface area (Å²) < 4.78 is 22.6. The largest absolute Gasteiger partial charge is 0.507 e. The lowest BCUT2D eigenvalue weighted by Crippen LogP contribution is -2.41. The van der Waals surface area contributed by atoms with Crippen LogP contribution in [0.5, 0.6) is 23.0 Å². The normalized spacial score (nSPS) is 26.0. The van der Waals surface area contributed by atoms with Gasteiger partial charge in [0.1, 0.15) is 28.9 Å². The summed E-state index contributed by atoms with van der Waals surface area (Å²) in [5.41, 5.74) is -0.252. The van der Waals surface area contributed by atoms with Crippen molar-refractivity contribution < 1.29 is 48.7 Å². The first-order valence-electron chi connectivity index (χ1n) is 18.6. The van der Waals surface area contributed by atoms with Gasteiger partial charge in [0.25, 0.3) is 5.91 Å². The van der Waals surface area contributed by atoms with Gasteiger partial charge < -0.3 is 44.5 Å². The number of phenolic OH excluding ortho intramolecular Hbond substituents is 3. The van der Waals surface area contributed by atoms with E-state index < -0.39 is 47.3 Å². The average Bonchev–Trinajstić information content (AvgIpc) is 3.15. The summed E-state index contributed by atoms with van der Waals surface area (Å²) in [5.74, 6) is -3.37. The zero-order chi connectivity index (χ0) is 40.6. The Morgan fingerprint density at radius 3 is 2.27 bits per heavy atom. The lowest BCUT2D eigenvalue weighted by Gasteiger charge is -2.30. The Bertz CT molecular complexity index is 1860. The number of fused-ring (bicyclic) bond motifs is 15. The highest BCUT2D eigenvalue weighted by Crippen LogP contribution is 2.52. The van der Waals surface area contributed by atoms with Crippen LogP contribution in [0.2, 0.25) is 0 Å². The van der Waals surface area contributed by atoms with Crippen LogP contribution in [0.3, 0.4) is 0 Å². The van der Waals surface area contributed by atoms with Crippen LogP contribution >= 0.6 is 0 Å². The summed E-state index contributed by atoms with van der Waals surface area (Å²) >= 11 is 0. The number of hydrogen-bond acceptors (Lipinski definition) is 13. The van der Waals surface area contributed by atoms with Gasteiger partial charge in [-0.1, -0.05) is 39.0 Å². The number of methoxy groups -OCH3 is 2. The molecule has 14 nitrogen and oxygen atoms in total. The number of amides is 1. The maximum absolute atomic E-state index is 14.0. The summed E-state index contributed by atoms with van der Waals surface area (Å²) in [6.45, 7) is 13.3. The molecule has 5 rings (SSSR count). The number of hydrogen-bond donors (Lipinski definition) is 4. The summed E-state index contributed by atoms with van der Waals surface area (Å²) in [4.78, 5) is 41.9. The number of ether oxygens (including phenoxy) is 4. The van der Waals surface area contributed by atoms with Crippen LogP contribution in [-0.4, -0.2) is 109 Å². The van der Waals surface area contributed by atoms with E-state index >= 15 is 0 Å². The number of allylic oxidation sites excluding steroid dienone is 3. The molecular formula is C41H56N4O10. The van der Waals surface area contributed by atoms with Crippen LogP contribution in [0, 0.1) is 24.7 Å². The number of carbonyl (C=O) groups excluding carboxylic acids is 3. The van der Waals surface area contributed by atoms with E-state index in [1.165, 1.54) is 40.4 Å². The fourth-order valence-corrected chi connectivity index (χ4v) is 6.73. The standard InChI is InChI=1S/C41H56N4O10/c1-23-11-10-12-26(4)40(50)43-35-30(22-42-45-18-16-44(7)17-19-45)37(48)32-33(38(35)49)36(47)27(5)39(53-9)34(32)41(51)54-20-15-29(52-8)21-31(55-28(6)46)25(3)14-13-24(23)2/h10-12,15,20,22-25,29,31,47-49H,13-14,16-19,21H2,1-9H3,(H,43,50)/b11-10+,20-15+,26-12-,42-22+/t23?,24?,25?,29-,31?/m0/s1. The lowest BCUT2D eigenvalue weighted by molar-refractivity contribution is -0.150. The first kappa shape index (κ1) is 42.7. The molecule has 2 aromatic rings. The number of rotatable bonds is 5. The smallest absolute Gasteiger partial charge is 0.347 e. The molecule has 4 bridgehead atoms. The number of piperazine rings is 1. The SMILES string of the molecule is COc1c(C)c(O)c2c(O)c3c(/C=N/N4CCN(C)CC4)c(O)c2c1C(=O)O/C=C/[C@H](OC)CC(OC(C)=O)C(C)CCC(C)C(C)/C=C/C=C(/C)C(=O)N3. The Balaban J connectivity index is 1.95. The van der Waals surface area contributed by atoms with E-state index in [4.69, 9.17) is 18.9 Å². The maximum Gasteiger partial charge on any atom is 0.347 e. The monoisotopic (exact) mass is 764 g/mol. The van der Waals surface area contributed by atoms with E-state index in [1.54, 1.807) is 24.1 Å². The Kier molecular flexibility index (Phi) is 14.7. The van der Waals surface area contributed by atoms with E-state index in [0.717, 1.165) is 32.2 Å². The Hall–Kier alpha value is -5.08. The minimum atomic E-state index is -0.985. The molecule has 0 spiro atoms. The number of aromatic hydroxyl groups is 3. The molecule has 14 heteroatoms. The third-order valence-electron chi connectivity index (χ3n) is 10.7. The van der Waals surface area contributed by atoms with E-state index in [2.05, 4.69) is 29.2 Å². The number of hydrazone groups is 1. The molecule has 1 fully saturated rings. The number of esters is 2. The zero-order valence-electron chi connectivity index (χ0n) is 33.3. The van der Waals surface area contributed by atoms with Crippen molar-refractivity contribution in [3.05, 3.63) is 52.8 Å². The maximum atomic E-state index is 14.0. The molecule has 0 aromatic heterocycles. The van der Waals surface area contributed by atoms with Gasteiger partial charge in [-0.3, -0.25) is 14.6 Å². The van der Waals surface area contributed by atoms with Gasteiger partial charge in [0.05, 0.1) is 47.7 Å². The first-order chi connectivity index (χ1) is 26.1. The van der Waals surface area contributed by atoms with Crippen LogP contribution in [0.4, 0.5) is 5.69 Å². The number of likely N-dealkylation sites (N-methyl/N-ethyl adjacent to an activating group) is 1. The van der Waals surface area contributed by atoms with Crippen molar-refractivity contribution >= 4 is 40.5 Å². The second-order valence-corrected chi connectivity index (χ2v) is 14.6. The van der Waals surface area contributed by atoms with Gasteiger partial charge in [-0.25, -0.2) is 4.79 Å². The third kappa shape index (κ3) is 10.2.